The van der Waals surface area contributed by atoms with E-state index in [1.807, 2.05) is 42.1 Å². The summed E-state index contributed by atoms with van der Waals surface area (Å²) < 4.78 is 0. The van der Waals surface area contributed by atoms with Crippen molar-refractivity contribution < 1.29 is 19.2 Å². The fraction of sp³-hybridized carbons (Fsp3) is 0.630. The molecule has 8 heteroatoms. The predicted molar refractivity (Wildman–Crippen MR) is 133 cm³/mol. The second kappa shape index (κ2) is 10.1. The van der Waals surface area contributed by atoms with E-state index in [-0.39, 0.29) is 36.0 Å². The summed E-state index contributed by atoms with van der Waals surface area (Å²) in [5.41, 5.74) is 0.580. The summed E-state index contributed by atoms with van der Waals surface area (Å²) in [6.07, 6.45) is 2.98. The maximum absolute atomic E-state index is 13.7. The first-order valence-electron chi connectivity index (χ1n) is 12.8. The second-order valence-corrected chi connectivity index (χ2v) is 11.0. The Hall–Kier alpha value is -2.74. The third kappa shape index (κ3) is 4.85. The number of rotatable bonds is 8. The monoisotopic (exact) mass is 482 g/mol. The van der Waals surface area contributed by atoms with Crippen molar-refractivity contribution in [2.75, 3.05) is 40.3 Å². The molecule has 8 nitrogen and oxygen atoms in total. The molecule has 3 aliphatic rings. The van der Waals surface area contributed by atoms with E-state index in [9.17, 15) is 19.2 Å². The van der Waals surface area contributed by atoms with Gasteiger partial charge in [0.15, 0.2) is 5.78 Å². The summed E-state index contributed by atoms with van der Waals surface area (Å²) in [7, 11) is 3.85. The van der Waals surface area contributed by atoms with Gasteiger partial charge in [-0.3, -0.25) is 19.3 Å². The molecule has 1 aromatic rings. The number of ketones is 1. The quantitative estimate of drug-likeness (QED) is 0.576. The van der Waals surface area contributed by atoms with Gasteiger partial charge in [-0.25, -0.2) is 4.79 Å². The lowest BCUT2D eigenvalue weighted by Gasteiger charge is -2.41. The first-order valence-corrected chi connectivity index (χ1v) is 12.8. The zero-order chi connectivity index (χ0) is 25.3. The van der Waals surface area contributed by atoms with Gasteiger partial charge in [0.2, 0.25) is 5.91 Å². The number of piperidine rings is 1. The minimum Gasteiger partial charge on any atom is -0.342 e. The number of benzene rings is 1. The van der Waals surface area contributed by atoms with Gasteiger partial charge in [-0.1, -0.05) is 38.1 Å². The van der Waals surface area contributed by atoms with Crippen LogP contribution in [0.15, 0.2) is 24.3 Å². The number of fused-ring (bicyclic) bond motifs is 1. The highest BCUT2D eigenvalue weighted by atomic mass is 16.2. The van der Waals surface area contributed by atoms with Crippen molar-refractivity contribution in [2.45, 2.75) is 57.4 Å². The highest BCUT2D eigenvalue weighted by Gasteiger charge is 2.55. The van der Waals surface area contributed by atoms with Crippen molar-refractivity contribution in [3.8, 4) is 0 Å². The molecular formula is C27H38N4O4. The highest BCUT2D eigenvalue weighted by molar-refractivity contribution is 6.08. The zero-order valence-electron chi connectivity index (χ0n) is 21.4. The summed E-state index contributed by atoms with van der Waals surface area (Å²) in [5, 5.41) is 3.10. The summed E-state index contributed by atoms with van der Waals surface area (Å²) in [4.78, 5) is 57.5. The fourth-order valence-corrected chi connectivity index (χ4v) is 5.81. The van der Waals surface area contributed by atoms with Crippen LogP contribution in [-0.4, -0.2) is 84.1 Å². The van der Waals surface area contributed by atoms with Gasteiger partial charge in [0.1, 0.15) is 5.54 Å². The summed E-state index contributed by atoms with van der Waals surface area (Å²) >= 11 is 0. The molecule has 4 rings (SSSR count). The molecular weight excluding hydrogens is 444 g/mol. The fourth-order valence-electron chi connectivity index (χ4n) is 5.81. The topological polar surface area (TPSA) is 90.0 Å². The molecule has 2 fully saturated rings. The van der Waals surface area contributed by atoms with Crippen LogP contribution >= 0.6 is 0 Å². The van der Waals surface area contributed by atoms with Crippen LogP contribution in [-0.2, 0) is 9.59 Å². The Labute approximate surface area is 208 Å². The molecule has 0 bridgehead atoms. The number of likely N-dealkylation sites (N-methyl/N-ethyl adjacent to an activating group) is 1. The van der Waals surface area contributed by atoms with Crippen molar-refractivity contribution >= 4 is 23.6 Å². The maximum Gasteiger partial charge on any atom is 0.325 e. The highest BCUT2D eigenvalue weighted by Crippen LogP contribution is 2.40. The molecule has 35 heavy (non-hydrogen) atoms. The number of hydrogen-bond acceptors (Lipinski definition) is 5. The molecule has 0 radical (unpaired) electrons. The number of nitrogens with zero attached hydrogens (tertiary/aromatic N) is 3. The van der Waals surface area contributed by atoms with Crippen molar-refractivity contribution in [3.63, 3.8) is 0 Å². The van der Waals surface area contributed by atoms with Gasteiger partial charge in [0, 0.05) is 38.2 Å². The normalized spacial score (nSPS) is 25.1. The Balaban J connectivity index is 1.47. The minimum absolute atomic E-state index is 0.00706. The molecule has 0 saturated carbocycles. The standard InChI is InChI=1S/C27H38N4O4/c1-18(2)9-12-27(25(34)31(26(35)28-27)16-15-29(3)4)19-10-13-30(14-11-19)24(33)22-17-23(32)21-8-6-5-7-20(21)22/h5-8,18-19,22H,9-17H2,1-4H3,(H,28,35)/t22-,27+/m1/s1. The summed E-state index contributed by atoms with van der Waals surface area (Å²) in [6.45, 7) is 6.30. The van der Waals surface area contributed by atoms with Gasteiger partial charge in [-0.05, 0) is 57.2 Å². The van der Waals surface area contributed by atoms with Crippen LogP contribution in [0.25, 0.3) is 0 Å². The molecule has 1 aliphatic carbocycles. The van der Waals surface area contributed by atoms with Crippen molar-refractivity contribution in [2.24, 2.45) is 11.8 Å². The van der Waals surface area contributed by atoms with Crippen LogP contribution in [0, 0.1) is 11.8 Å². The predicted octanol–water partition coefficient (Wildman–Crippen LogP) is 2.88. The van der Waals surface area contributed by atoms with Gasteiger partial charge in [-0.2, -0.15) is 0 Å². The number of amides is 4. The Morgan fingerprint density at radius 1 is 1.14 bits per heavy atom. The zero-order valence-corrected chi connectivity index (χ0v) is 21.4. The lowest BCUT2D eigenvalue weighted by atomic mass is 9.73. The van der Waals surface area contributed by atoms with Gasteiger partial charge >= 0.3 is 6.03 Å². The van der Waals surface area contributed by atoms with E-state index in [0.29, 0.717) is 56.9 Å². The Bertz CT molecular complexity index is 999. The van der Waals surface area contributed by atoms with Crippen molar-refractivity contribution in [1.82, 2.24) is 20.0 Å². The van der Waals surface area contributed by atoms with Gasteiger partial charge in [0.05, 0.1) is 5.92 Å². The van der Waals surface area contributed by atoms with E-state index in [1.54, 1.807) is 6.07 Å². The molecule has 2 atom stereocenters. The van der Waals surface area contributed by atoms with E-state index in [2.05, 4.69) is 19.2 Å². The number of urea groups is 1. The van der Waals surface area contributed by atoms with E-state index >= 15 is 0 Å². The number of imide groups is 1. The first-order chi connectivity index (χ1) is 16.6. The van der Waals surface area contributed by atoms with Crippen LogP contribution < -0.4 is 5.32 Å². The van der Waals surface area contributed by atoms with Crippen LogP contribution in [0.2, 0.25) is 0 Å². The molecule has 0 aromatic heterocycles. The van der Waals surface area contributed by atoms with Gasteiger partial charge in [-0.15, -0.1) is 0 Å². The molecule has 1 aromatic carbocycles. The SMILES string of the molecule is CC(C)CC[C@@]1(C2CCN(C(=O)[C@@H]3CC(=O)c4ccccc43)CC2)NC(=O)N(CCN(C)C)C1=O. The van der Waals surface area contributed by atoms with Crippen LogP contribution in [0.4, 0.5) is 4.79 Å². The smallest absolute Gasteiger partial charge is 0.325 e. The van der Waals surface area contributed by atoms with Crippen LogP contribution in [0.5, 0.6) is 0 Å². The van der Waals surface area contributed by atoms with E-state index < -0.39 is 11.5 Å². The van der Waals surface area contributed by atoms with Gasteiger partial charge in [0.25, 0.3) is 5.91 Å². The lowest BCUT2D eigenvalue weighted by Crippen LogP contribution is -2.57. The number of Topliss-reactive ketones (excluding diaryl/α,β-unsaturated/α-hetero) is 1. The summed E-state index contributed by atoms with van der Waals surface area (Å²) in [6, 6.07) is 7.08. The van der Waals surface area contributed by atoms with Crippen LogP contribution in [0.1, 0.15) is 67.8 Å². The minimum atomic E-state index is -0.904. The lowest BCUT2D eigenvalue weighted by molar-refractivity contribution is -0.137. The Kier molecular flexibility index (Phi) is 7.31. The summed E-state index contributed by atoms with van der Waals surface area (Å²) in [5.74, 6) is -0.131. The van der Waals surface area contributed by atoms with Crippen LogP contribution in [0.3, 0.4) is 0 Å². The number of likely N-dealkylation sites (tertiary alicyclic amines) is 1. The van der Waals surface area contributed by atoms with E-state index in [1.165, 1.54) is 4.90 Å². The Morgan fingerprint density at radius 2 is 1.83 bits per heavy atom. The third-order valence-electron chi connectivity index (χ3n) is 7.92. The molecule has 2 heterocycles. The molecule has 0 unspecified atom stereocenters. The largest absolute Gasteiger partial charge is 0.342 e. The maximum atomic E-state index is 13.7. The van der Waals surface area contributed by atoms with Crippen molar-refractivity contribution in [1.29, 1.82) is 0 Å². The number of carbonyl (C=O) groups excluding carboxylic acids is 4. The van der Waals surface area contributed by atoms with E-state index in [4.69, 9.17) is 0 Å². The third-order valence-corrected chi connectivity index (χ3v) is 7.92. The van der Waals surface area contributed by atoms with Gasteiger partial charge < -0.3 is 15.1 Å². The van der Waals surface area contributed by atoms with E-state index in [0.717, 1.165) is 12.0 Å². The first kappa shape index (κ1) is 25.4. The average molecular weight is 483 g/mol. The molecule has 0 spiro atoms. The number of carbonyl (C=O) groups is 4. The molecule has 190 valence electrons. The second-order valence-electron chi connectivity index (χ2n) is 11.0. The molecule has 4 amide bonds. The molecule has 2 saturated heterocycles. The molecule has 1 N–H and O–H groups in total. The number of nitrogens with one attached hydrogen (secondary N) is 1. The Morgan fingerprint density at radius 3 is 2.49 bits per heavy atom. The molecule has 2 aliphatic heterocycles. The number of hydrogen-bond donors (Lipinski definition) is 1. The van der Waals surface area contributed by atoms with Crippen molar-refractivity contribution in [3.05, 3.63) is 35.4 Å². The average Bonchev–Trinajstić information content (AvgIpc) is 3.30.